The van der Waals surface area contributed by atoms with Crippen molar-refractivity contribution in [3.05, 3.63) is 40.8 Å². The summed E-state index contributed by atoms with van der Waals surface area (Å²) in [5.74, 6) is -0.331. The van der Waals surface area contributed by atoms with Crippen molar-refractivity contribution in [2.45, 2.75) is 6.29 Å². The largest absolute Gasteiger partial charge is 0.346 e. The van der Waals surface area contributed by atoms with Gasteiger partial charge in [-0.25, -0.2) is 9.37 Å². The summed E-state index contributed by atoms with van der Waals surface area (Å²) >= 11 is 6.04. The molecule has 1 saturated heterocycles. The van der Waals surface area contributed by atoms with Gasteiger partial charge in [0.05, 0.1) is 18.7 Å². The van der Waals surface area contributed by atoms with Gasteiger partial charge in [-0.15, -0.1) is 0 Å². The van der Waals surface area contributed by atoms with E-state index in [1.54, 1.807) is 6.07 Å². The maximum atomic E-state index is 13.0. The Morgan fingerprint density at radius 2 is 2.00 bits per heavy atom. The van der Waals surface area contributed by atoms with E-state index in [0.29, 0.717) is 24.3 Å². The molecule has 3 nitrogen and oxygen atoms in total. The second-order valence-corrected chi connectivity index (χ2v) is 4.14. The molecule has 1 aromatic heterocycles. The smallest absolute Gasteiger partial charge is 0.187 e. The molecule has 0 atom stereocenters. The first kappa shape index (κ1) is 10.9. The van der Waals surface area contributed by atoms with Gasteiger partial charge in [0.25, 0.3) is 0 Å². The molecule has 0 unspecified atom stereocenters. The van der Waals surface area contributed by atoms with Gasteiger partial charge in [0, 0.05) is 17.0 Å². The number of halogens is 2. The summed E-state index contributed by atoms with van der Waals surface area (Å²) in [6.07, 6.45) is -0.468. The summed E-state index contributed by atoms with van der Waals surface area (Å²) in [5.41, 5.74) is 1.21. The molecule has 1 aliphatic heterocycles. The average Bonchev–Trinajstić information content (AvgIpc) is 2.81. The van der Waals surface area contributed by atoms with Gasteiger partial charge in [-0.05, 0) is 18.2 Å². The zero-order valence-electron chi connectivity index (χ0n) is 8.82. The van der Waals surface area contributed by atoms with Gasteiger partial charge >= 0.3 is 0 Å². The Balaban J connectivity index is 2.13. The fourth-order valence-corrected chi connectivity index (χ4v) is 2.07. The van der Waals surface area contributed by atoms with Crippen molar-refractivity contribution in [1.82, 2.24) is 4.98 Å². The summed E-state index contributed by atoms with van der Waals surface area (Å²) < 4.78 is 23.8. The Morgan fingerprint density at radius 3 is 2.76 bits per heavy atom. The Morgan fingerprint density at radius 1 is 1.24 bits per heavy atom. The molecule has 1 aromatic carbocycles. The lowest BCUT2D eigenvalue weighted by Crippen LogP contribution is -2.00. The average molecular weight is 254 g/mol. The Hall–Kier alpha value is -1.23. The number of aromatic nitrogens is 1. The molecule has 88 valence electrons. The second kappa shape index (κ2) is 4.22. The van der Waals surface area contributed by atoms with Gasteiger partial charge < -0.3 is 9.47 Å². The van der Waals surface area contributed by atoms with Crippen LogP contribution in [-0.4, -0.2) is 18.2 Å². The molecule has 0 N–H and O–H groups in total. The third-order valence-electron chi connectivity index (χ3n) is 2.64. The van der Waals surface area contributed by atoms with E-state index in [9.17, 15) is 4.39 Å². The molecule has 2 heterocycles. The molecular formula is C12H9ClFNO2. The number of ether oxygens (including phenoxy) is 2. The Labute approximate surface area is 102 Å². The minimum absolute atomic E-state index is 0.287. The van der Waals surface area contributed by atoms with Gasteiger partial charge in [-0.1, -0.05) is 11.6 Å². The van der Waals surface area contributed by atoms with Crippen LogP contribution in [0, 0.1) is 5.82 Å². The molecule has 0 radical (unpaired) electrons. The van der Waals surface area contributed by atoms with Crippen LogP contribution in [0.15, 0.2) is 24.3 Å². The van der Waals surface area contributed by atoms with Crippen LogP contribution in [0.2, 0.25) is 5.15 Å². The van der Waals surface area contributed by atoms with Crippen LogP contribution in [0.4, 0.5) is 4.39 Å². The van der Waals surface area contributed by atoms with E-state index >= 15 is 0 Å². The number of pyridine rings is 1. The van der Waals surface area contributed by atoms with Gasteiger partial charge in [-0.3, -0.25) is 0 Å². The monoisotopic (exact) mass is 253 g/mol. The molecular weight excluding hydrogens is 245 g/mol. The lowest BCUT2D eigenvalue weighted by atomic mass is 10.1. The van der Waals surface area contributed by atoms with Crippen molar-refractivity contribution in [2.24, 2.45) is 0 Å². The van der Waals surface area contributed by atoms with Gasteiger partial charge in [0.1, 0.15) is 11.0 Å². The second-order valence-electron chi connectivity index (χ2n) is 3.78. The van der Waals surface area contributed by atoms with Crippen molar-refractivity contribution in [3.8, 4) is 0 Å². The van der Waals surface area contributed by atoms with Crippen molar-refractivity contribution >= 4 is 22.5 Å². The first-order valence-electron chi connectivity index (χ1n) is 5.23. The van der Waals surface area contributed by atoms with Crippen LogP contribution in [-0.2, 0) is 9.47 Å². The Bertz CT molecular complexity index is 570. The highest BCUT2D eigenvalue weighted by Gasteiger charge is 2.22. The fourth-order valence-electron chi connectivity index (χ4n) is 1.84. The normalized spacial score (nSPS) is 16.8. The van der Waals surface area contributed by atoms with Crippen LogP contribution >= 0.6 is 11.6 Å². The number of nitrogens with zero attached hydrogens (tertiary/aromatic N) is 1. The molecule has 5 heteroatoms. The lowest BCUT2D eigenvalue weighted by molar-refractivity contribution is -0.0441. The highest BCUT2D eigenvalue weighted by Crippen LogP contribution is 2.31. The van der Waals surface area contributed by atoms with Crippen LogP contribution in [0.25, 0.3) is 10.9 Å². The third-order valence-corrected chi connectivity index (χ3v) is 2.94. The highest BCUT2D eigenvalue weighted by molar-refractivity contribution is 6.30. The predicted octanol–water partition coefficient (Wildman–Crippen LogP) is 3.07. The molecule has 0 spiro atoms. The quantitative estimate of drug-likeness (QED) is 0.732. The highest BCUT2D eigenvalue weighted by atomic mass is 35.5. The molecule has 0 aliphatic carbocycles. The summed E-state index contributed by atoms with van der Waals surface area (Å²) in [6.45, 7) is 1.09. The van der Waals surface area contributed by atoms with E-state index in [2.05, 4.69) is 4.98 Å². The summed E-state index contributed by atoms with van der Waals surface area (Å²) in [5, 5.41) is 1.10. The summed E-state index contributed by atoms with van der Waals surface area (Å²) in [6, 6.07) is 6.21. The van der Waals surface area contributed by atoms with E-state index in [4.69, 9.17) is 21.1 Å². The lowest BCUT2D eigenvalue weighted by Gasteiger charge is -2.11. The van der Waals surface area contributed by atoms with Crippen molar-refractivity contribution in [3.63, 3.8) is 0 Å². The molecule has 0 amide bonds. The molecule has 1 fully saturated rings. The standard InChI is InChI=1S/C12H9ClFNO2/c13-11-9(12-16-3-4-17-12)5-7-1-2-8(14)6-10(7)15-11/h1-2,5-6,12H,3-4H2. The maximum Gasteiger partial charge on any atom is 0.187 e. The number of hydrogen-bond acceptors (Lipinski definition) is 3. The third kappa shape index (κ3) is 1.99. The first-order chi connectivity index (χ1) is 8.24. The minimum atomic E-state index is -0.468. The fraction of sp³-hybridized carbons (Fsp3) is 0.250. The van der Waals surface area contributed by atoms with Crippen LogP contribution in [0.1, 0.15) is 11.9 Å². The molecule has 17 heavy (non-hydrogen) atoms. The van der Waals surface area contributed by atoms with Crippen LogP contribution in [0.5, 0.6) is 0 Å². The van der Waals surface area contributed by atoms with Crippen LogP contribution < -0.4 is 0 Å². The van der Waals surface area contributed by atoms with Crippen molar-refractivity contribution < 1.29 is 13.9 Å². The molecule has 1 aliphatic rings. The van der Waals surface area contributed by atoms with E-state index in [1.165, 1.54) is 12.1 Å². The Kier molecular flexibility index (Phi) is 2.70. The van der Waals surface area contributed by atoms with E-state index < -0.39 is 6.29 Å². The van der Waals surface area contributed by atoms with Crippen LogP contribution in [0.3, 0.4) is 0 Å². The molecule has 3 rings (SSSR count). The number of fused-ring (bicyclic) bond motifs is 1. The van der Waals surface area contributed by atoms with E-state index in [0.717, 1.165) is 5.39 Å². The summed E-state index contributed by atoms with van der Waals surface area (Å²) in [4.78, 5) is 4.15. The molecule has 0 bridgehead atoms. The van der Waals surface area contributed by atoms with Crippen molar-refractivity contribution in [1.29, 1.82) is 0 Å². The zero-order chi connectivity index (χ0) is 11.8. The van der Waals surface area contributed by atoms with Crippen molar-refractivity contribution in [2.75, 3.05) is 13.2 Å². The van der Waals surface area contributed by atoms with Gasteiger partial charge in [-0.2, -0.15) is 0 Å². The number of hydrogen-bond donors (Lipinski definition) is 0. The predicted molar refractivity (Wildman–Crippen MR) is 61.4 cm³/mol. The van der Waals surface area contributed by atoms with Gasteiger partial charge in [0.15, 0.2) is 6.29 Å². The summed E-state index contributed by atoms with van der Waals surface area (Å²) in [7, 11) is 0. The maximum absolute atomic E-state index is 13.0. The number of benzene rings is 1. The van der Waals surface area contributed by atoms with E-state index in [-0.39, 0.29) is 11.0 Å². The topological polar surface area (TPSA) is 31.4 Å². The minimum Gasteiger partial charge on any atom is -0.346 e. The first-order valence-corrected chi connectivity index (χ1v) is 5.61. The van der Waals surface area contributed by atoms with E-state index in [1.807, 2.05) is 6.07 Å². The molecule has 2 aromatic rings. The zero-order valence-corrected chi connectivity index (χ0v) is 9.58. The number of rotatable bonds is 1. The molecule has 0 saturated carbocycles. The van der Waals surface area contributed by atoms with Gasteiger partial charge in [0.2, 0.25) is 0 Å². The SMILES string of the molecule is Fc1ccc2cc(C3OCCO3)c(Cl)nc2c1.